The van der Waals surface area contributed by atoms with Crippen molar-refractivity contribution in [3.8, 4) is 0 Å². The topological polar surface area (TPSA) is 43.8 Å². The third-order valence-corrected chi connectivity index (χ3v) is 4.33. The van der Waals surface area contributed by atoms with Crippen LogP contribution in [0.1, 0.15) is 17.3 Å². The van der Waals surface area contributed by atoms with Gasteiger partial charge in [0.25, 0.3) is 0 Å². The fourth-order valence-electron chi connectivity index (χ4n) is 2.56. The van der Waals surface area contributed by atoms with E-state index in [4.69, 9.17) is 28.9 Å². The van der Waals surface area contributed by atoms with Crippen molar-refractivity contribution >= 4 is 34.1 Å². The van der Waals surface area contributed by atoms with Crippen LogP contribution in [0.25, 0.3) is 10.9 Å². The fourth-order valence-corrected chi connectivity index (χ4v) is 3.11. The van der Waals surface area contributed by atoms with Gasteiger partial charge in [-0.05, 0) is 30.2 Å². The van der Waals surface area contributed by atoms with Gasteiger partial charge in [-0.1, -0.05) is 47.5 Å². The van der Waals surface area contributed by atoms with E-state index in [1.54, 1.807) is 0 Å². The Morgan fingerprint density at radius 2 is 1.76 bits per heavy atom. The molecule has 1 atom stereocenters. The van der Waals surface area contributed by atoms with E-state index in [0.717, 1.165) is 22.2 Å². The first-order chi connectivity index (χ1) is 10.1. The Hall–Kier alpha value is -1.55. The summed E-state index contributed by atoms with van der Waals surface area (Å²) in [5.74, 6) is 0. The maximum absolute atomic E-state index is 6.35. The summed E-state index contributed by atoms with van der Waals surface area (Å²) < 4.78 is 1.85. The molecule has 3 aromatic rings. The molecule has 2 aromatic carbocycles. The average molecular weight is 320 g/mol. The molecule has 0 fully saturated rings. The molecular formula is C16H15Cl2N3. The van der Waals surface area contributed by atoms with Gasteiger partial charge in [0.2, 0.25) is 0 Å². The summed E-state index contributed by atoms with van der Waals surface area (Å²) >= 11 is 12.4. The van der Waals surface area contributed by atoms with Crippen LogP contribution in [0.4, 0.5) is 0 Å². The van der Waals surface area contributed by atoms with Crippen LogP contribution in [0.3, 0.4) is 0 Å². The SMILES string of the molecule is Cn1nc(C(N)Cc2c(Cl)cccc2Cl)c2ccccc21. The van der Waals surface area contributed by atoms with Crippen molar-refractivity contribution in [2.75, 3.05) is 0 Å². The van der Waals surface area contributed by atoms with Crippen LogP contribution in [0.5, 0.6) is 0 Å². The number of benzene rings is 2. The van der Waals surface area contributed by atoms with Gasteiger partial charge < -0.3 is 5.73 Å². The third kappa shape index (κ3) is 2.64. The molecule has 0 bridgehead atoms. The first kappa shape index (κ1) is 14.4. The van der Waals surface area contributed by atoms with Gasteiger partial charge in [0.15, 0.2) is 0 Å². The normalized spacial score (nSPS) is 12.8. The summed E-state index contributed by atoms with van der Waals surface area (Å²) in [5, 5.41) is 6.89. The third-order valence-electron chi connectivity index (χ3n) is 3.62. The lowest BCUT2D eigenvalue weighted by molar-refractivity contribution is 0.665. The van der Waals surface area contributed by atoms with Gasteiger partial charge in [0.1, 0.15) is 0 Å². The molecule has 1 heterocycles. The van der Waals surface area contributed by atoms with Crippen LogP contribution >= 0.6 is 23.2 Å². The first-order valence-corrected chi connectivity index (χ1v) is 7.43. The highest BCUT2D eigenvalue weighted by Crippen LogP contribution is 2.30. The van der Waals surface area contributed by atoms with Crippen LogP contribution in [-0.2, 0) is 13.5 Å². The predicted molar refractivity (Wildman–Crippen MR) is 87.8 cm³/mol. The molecule has 5 heteroatoms. The number of hydrogen-bond donors (Lipinski definition) is 1. The minimum Gasteiger partial charge on any atom is -0.322 e. The molecule has 21 heavy (non-hydrogen) atoms. The van der Waals surface area contributed by atoms with E-state index in [2.05, 4.69) is 5.10 Å². The highest BCUT2D eigenvalue weighted by atomic mass is 35.5. The summed E-state index contributed by atoms with van der Waals surface area (Å²) in [4.78, 5) is 0. The number of para-hydroxylation sites is 1. The molecule has 2 N–H and O–H groups in total. The Kier molecular flexibility index (Phi) is 3.89. The Balaban J connectivity index is 2.00. The molecule has 0 aliphatic heterocycles. The summed E-state index contributed by atoms with van der Waals surface area (Å²) in [6.07, 6.45) is 0.555. The van der Waals surface area contributed by atoms with Crippen LogP contribution < -0.4 is 5.73 Å². The molecule has 3 nitrogen and oxygen atoms in total. The van der Waals surface area contributed by atoms with Crippen molar-refractivity contribution in [3.05, 3.63) is 63.8 Å². The van der Waals surface area contributed by atoms with Gasteiger partial charge in [0, 0.05) is 22.5 Å². The molecule has 0 saturated carbocycles. The maximum Gasteiger partial charge on any atom is 0.0873 e. The molecule has 0 amide bonds. The minimum atomic E-state index is -0.256. The summed E-state index contributed by atoms with van der Waals surface area (Å²) in [7, 11) is 1.92. The molecule has 0 aliphatic rings. The molecule has 3 rings (SSSR count). The van der Waals surface area contributed by atoms with E-state index in [1.165, 1.54) is 0 Å². The Labute approximate surface area is 133 Å². The number of aromatic nitrogens is 2. The van der Waals surface area contributed by atoms with E-state index in [0.29, 0.717) is 16.5 Å². The van der Waals surface area contributed by atoms with Gasteiger partial charge in [-0.3, -0.25) is 4.68 Å². The highest BCUT2D eigenvalue weighted by Gasteiger charge is 2.18. The first-order valence-electron chi connectivity index (χ1n) is 6.68. The smallest absolute Gasteiger partial charge is 0.0873 e. The maximum atomic E-state index is 6.35. The van der Waals surface area contributed by atoms with Crippen molar-refractivity contribution in [3.63, 3.8) is 0 Å². The van der Waals surface area contributed by atoms with Crippen LogP contribution in [0.15, 0.2) is 42.5 Å². The molecule has 108 valence electrons. The molecule has 1 aromatic heterocycles. The standard InChI is InChI=1S/C16H15Cl2N3/c1-21-15-8-3-2-5-10(15)16(20-21)14(19)9-11-12(17)6-4-7-13(11)18/h2-8,14H,9,19H2,1H3. The van der Waals surface area contributed by atoms with Crippen molar-refractivity contribution in [2.45, 2.75) is 12.5 Å². The largest absolute Gasteiger partial charge is 0.322 e. The minimum absolute atomic E-state index is 0.256. The van der Waals surface area contributed by atoms with E-state index < -0.39 is 0 Å². The zero-order valence-corrected chi connectivity index (χ0v) is 13.1. The fraction of sp³-hybridized carbons (Fsp3) is 0.188. The van der Waals surface area contributed by atoms with Gasteiger partial charge in [-0.25, -0.2) is 0 Å². The van der Waals surface area contributed by atoms with Crippen LogP contribution in [0.2, 0.25) is 10.0 Å². The monoisotopic (exact) mass is 319 g/mol. The number of nitrogens with two attached hydrogens (primary N) is 1. The van der Waals surface area contributed by atoms with E-state index >= 15 is 0 Å². The second kappa shape index (κ2) is 5.68. The van der Waals surface area contributed by atoms with Gasteiger partial charge in [-0.15, -0.1) is 0 Å². The molecule has 0 radical (unpaired) electrons. The summed E-state index contributed by atoms with van der Waals surface area (Å²) in [5.41, 5.74) is 9.14. The van der Waals surface area contributed by atoms with E-state index in [1.807, 2.05) is 54.2 Å². The van der Waals surface area contributed by atoms with E-state index in [-0.39, 0.29) is 6.04 Å². The molecule has 0 spiro atoms. The lowest BCUT2D eigenvalue weighted by atomic mass is 10.0. The van der Waals surface area contributed by atoms with Crippen molar-refractivity contribution in [1.82, 2.24) is 9.78 Å². The Morgan fingerprint density at radius 1 is 1.10 bits per heavy atom. The molecular weight excluding hydrogens is 305 g/mol. The second-order valence-corrected chi connectivity index (χ2v) is 5.85. The number of halogens is 2. The van der Waals surface area contributed by atoms with Crippen molar-refractivity contribution < 1.29 is 0 Å². The van der Waals surface area contributed by atoms with Crippen molar-refractivity contribution in [1.29, 1.82) is 0 Å². The number of nitrogens with zero attached hydrogens (tertiary/aromatic N) is 2. The Bertz CT molecular complexity index is 775. The summed E-state index contributed by atoms with van der Waals surface area (Å²) in [6.45, 7) is 0. The van der Waals surface area contributed by atoms with Gasteiger partial charge in [-0.2, -0.15) is 5.10 Å². The highest BCUT2D eigenvalue weighted by molar-refractivity contribution is 6.36. The zero-order chi connectivity index (χ0) is 15.0. The molecule has 1 unspecified atom stereocenters. The summed E-state index contributed by atoms with van der Waals surface area (Å²) in [6, 6.07) is 13.3. The number of fused-ring (bicyclic) bond motifs is 1. The number of aryl methyl sites for hydroxylation is 1. The van der Waals surface area contributed by atoms with Crippen LogP contribution in [-0.4, -0.2) is 9.78 Å². The molecule has 0 saturated heterocycles. The lowest BCUT2D eigenvalue weighted by Gasteiger charge is -2.12. The van der Waals surface area contributed by atoms with Gasteiger partial charge in [0.05, 0.1) is 17.3 Å². The van der Waals surface area contributed by atoms with Gasteiger partial charge >= 0.3 is 0 Å². The number of rotatable bonds is 3. The average Bonchev–Trinajstić information content (AvgIpc) is 2.81. The quantitative estimate of drug-likeness (QED) is 0.789. The Morgan fingerprint density at radius 3 is 2.48 bits per heavy atom. The zero-order valence-electron chi connectivity index (χ0n) is 11.6. The molecule has 0 aliphatic carbocycles. The lowest BCUT2D eigenvalue weighted by Crippen LogP contribution is -2.15. The second-order valence-electron chi connectivity index (χ2n) is 5.04. The van der Waals surface area contributed by atoms with Crippen molar-refractivity contribution in [2.24, 2.45) is 12.8 Å². The predicted octanol–water partition coefficient (Wildman–Crippen LogP) is 4.12. The number of hydrogen-bond acceptors (Lipinski definition) is 2. The van der Waals surface area contributed by atoms with Crippen LogP contribution in [0, 0.1) is 0 Å². The van der Waals surface area contributed by atoms with E-state index in [9.17, 15) is 0 Å².